The van der Waals surface area contributed by atoms with Crippen LogP contribution < -0.4 is 0 Å². The van der Waals surface area contributed by atoms with Gasteiger partial charge in [-0.05, 0) is 60.9 Å². The van der Waals surface area contributed by atoms with Crippen LogP contribution in [0.15, 0.2) is 48.5 Å². The molecule has 5 rings (SSSR count). The molecule has 0 unspecified atom stereocenters. The number of cyclic esters (lactones) is 1. The number of esters is 1. The van der Waals surface area contributed by atoms with Gasteiger partial charge in [0.15, 0.2) is 0 Å². The quantitative estimate of drug-likeness (QED) is 0.684. The SMILES string of the molecule is O=C1O[C@@H](c2ccccc2)Cc2cc(C(=O)N3CCC[C@@H]4CCCC[C@@H]43)ccc21. The fourth-order valence-corrected chi connectivity index (χ4v) is 5.43. The molecule has 1 aliphatic carbocycles. The van der Waals surface area contributed by atoms with Crippen molar-refractivity contribution in [3.63, 3.8) is 0 Å². The number of nitrogens with zero attached hydrogens (tertiary/aromatic N) is 1. The first-order valence-electron chi connectivity index (χ1n) is 10.9. The second-order valence-electron chi connectivity index (χ2n) is 8.63. The van der Waals surface area contributed by atoms with Crippen LogP contribution >= 0.6 is 0 Å². The van der Waals surface area contributed by atoms with Gasteiger partial charge in [-0.3, -0.25) is 4.79 Å². The molecule has 4 heteroatoms. The first-order valence-corrected chi connectivity index (χ1v) is 10.9. The highest BCUT2D eigenvalue weighted by atomic mass is 16.5. The van der Waals surface area contributed by atoms with E-state index in [-0.39, 0.29) is 18.0 Å². The van der Waals surface area contributed by atoms with Crippen LogP contribution in [0.4, 0.5) is 0 Å². The molecule has 1 amide bonds. The van der Waals surface area contributed by atoms with Crippen molar-refractivity contribution in [1.29, 1.82) is 0 Å². The zero-order chi connectivity index (χ0) is 19.8. The Labute approximate surface area is 171 Å². The summed E-state index contributed by atoms with van der Waals surface area (Å²) in [6.45, 7) is 0.853. The number of fused-ring (bicyclic) bond motifs is 2. The Hall–Kier alpha value is -2.62. The molecule has 29 heavy (non-hydrogen) atoms. The first kappa shape index (κ1) is 18.4. The molecule has 2 aromatic rings. The maximum Gasteiger partial charge on any atom is 0.339 e. The lowest BCUT2D eigenvalue weighted by molar-refractivity contribution is 0.0250. The van der Waals surface area contributed by atoms with Crippen molar-refractivity contribution in [1.82, 2.24) is 4.90 Å². The van der Waals surface area contributed by atoms with Gasteiger partial charge in [-0.15, -0.1) is 0 Å². The van der Waals surface area contributed by atoms with Gasteiger partial charge in [0.2, 0.25) is 0 Å². The van der Waals surface area contributed by atoms with Crippen LogP contribution in [-0.2, 0) is 11.2 Å². The van der Waals surface area contributed by atoms with E-state index in [9.17, 15) is 9.59 Å². The van der Waals surface area contributed by atoms with Crippen molar-refractivity contribution in [2.75, 3.05) is 6.54 Å². The largest absolute Gasteiger partial charge is 0.454 e. The average molecular weight is 389 g/mol. The summed E-state index contributed by atoms with van der Waals surface area (Å²) >= 11 is 0. The Morgan fingerprint density at radius 2 is 1.76 bits per heavy atom. The molecule has 2 heterocycles. The highest BCUT2D eigenvalue weighted by Crippen LogP contribution is 2.36. The van der Waals surface area contributed by atoms with Crippen molar-refractivity contribution >= 4 is 11.9 Å². The summed E-state index contributed by atoms with van der Waals surface area (Å²) < 4.78 is 5.65. The zero-order valence-corrected chi connectivity index (χ0v) is 16.7. The van der Waals surface area contributed by atoms with Crippen LogP contribution in [-0.4, -0.2) is 29.4 Å². The average Bonchev–Trinajstić information content (AvgIpc) is 2.78. The minimum Gasteiger partial charge on any atom is -0.454 e. The number of ether oxygens (including phenoxy) is 1. The monoisotopic (exact) mass is 389 g/mol. The Morgan fingerprint density at radius 1 is 0.966 bits per heavy atom. The van der Waals surface area contributed by atoms with E-state index in [1.165, 1.54) is 25.7 Å². The third-order valence-corrected chi connectivity index (χ3v) is 6.90. The van der Waals surface area contributed by atoms with E-state index in [0.717, 1.165) is 30.5 Å². The minimum atomic E-state index is -0.301. The molecule has 2 aromatic carbocycles. The van der Waals surface area contributed by atoms with E-state index >= 15 is 0 Å². The Bertz CT molecular complexity index is 921. The smallest absolute Gasteiger partial charge is 0.339 e. The molecule has 0 spiro atoms. The lowest BCUT2D eigenvalue weighted by atomic mass is 9.78. The standard InChI is InChI=1S/C25H27NO3/c27-24(26-14-6-10-17-7-4-5-11-22(17)26)19-12-13-21-20(15-19)16-23(29-25(21)28)18-8-2-1-3-9-18/h1-3,8-9,12-13,15,17,22-23H,4-7,10-11,14,16H2/t17-,22-,23+/m0/s1. The normalized spacial score (nSPS) is 26.3. The molecule has 0 N–H and O–H groups in total. The number of likely N-dealkylation sites (tertiary alicyclic amines) is 1. The molecule has 3 atom stereocenters. The lowest BCUT2D eigenvalue weighted by Crippen LogP contribution is -2.49. The summed E-state index contributed by atoms with van der Waals surface area (Å²) in [5.41, 5.74) is 3.20. The number of piperidine rings is 1. The van der Waals surface area contributed by atoms with E-state index < -0.39 is 0 Å². The van der Waals surface area contributed by atoms with Crippen LogP contribution in [0.3, 0.4) is 0 Å². The molecular weight excluding hydrogens is 362 g/mol. The van der Waals surface area contributed by atoms with Crippen molar-refractivity contribution in [3.05, 3.63) is 70.8 Å². The zero-order valence-electron chi connectivity index (χ0n) is 16.7. The van der Waals surface area contributed by atoms with Crippen molar-refractivity contribution in [2.45, 2.75) is 57.1 Å². The van der Waals surface area contributed by atoms with Gasteiger partial charge in [-0.1, -0.05) is 43.2 Å². The molecule has 1 saturated carbocycles. The second kappa shape index (κ2) is 7.66. The molecular formula is C25H27NO3. The fraction of sp³-hybridized carbons (Fsp3) is 0.440. The number of carbonyl (C=O) groups is 2. The van der Waals surface area contributed by atoms with E-state index in [0.29, 0.717) is 29.5 Å². The van der Waals surface area contributed by atoms with Crippen molar-refractivity contribution < 1.29 is 14.3 Å². The van der Waals surface area contributed by atoms with Gasteiger partial charge in [-0.2, -0.15) is 0 Å². The van der Waals surface area contributed by atoms with Crippen LogP contribution in [0.25, 0.3) is 0 Å². The van der Waals surface area contributed by atoms with Gasteiger partial charge in [0.05, 0.1) is 5.56 Å². The predicted molar refractivity (Wildman–Crippen MR) is 111 cm³/mol. The van der Waals surface area contributed by atoms with E-state index in [4.69, 9.17) is 4.74 Å². The molecule has 0 aromatic heterocycles. The highest BCUT2D eigenvalue weighted by molar-refractivity contribution is 5.98. The van der Waals surface area contributed by atoms with Crippen molar-refractivity contribution in [2.24, 2.45) is 5.92 Å². The van der Waals surface area contributed by atoms with Crippen LogP contribution in [0.5, 0.6) is 0 Å². The Balaban J connectivity index is 1.41. The summed E-state index contributed by atoms with van der Waals surface area (Å²) in [5, 5.41) is 0. The number of amides is 1. The molecule has 2 aliphatic heterocycles. The molecule has 1 saturated heterocycles. The van der Waals surface area contributed by atoms with Gasteiger partial charge in [0, 0.05) is 24.6 Å². The number of rotatable bonds is 2. The van der Waals surface area contributed by atoms with Crippen molar-refractivity contribution in [3.8, 4) is 0 Å². The van der Waals surface area contributed by atoms with E-state index in [2.05, 4.69) is 4.90 Å². The topological polar surface area (TPSA) is 46.6 Å². The Kier molecular flexibility index (Phi) is 4.86. The van der Waals surface area contributed by atoms with Crippen LogP contribution in [0.1, 0.15) is 76.5 Å². The lowest BCUT2D eigenvalue weighted by Gasteiger charge is -2.44. The molecule has 0 radical (unpaired) electrons. The third kappa shape index (κ3) is 3.45. The summed E-state index contributed by atoms with van der Waals surface area (Å²) in [5.74, 6) is 0.487. The number of hydrogen-bond acceptors (Lipinski definition) is 3. The fourth-order valence-electron chi connectivity index (χ4n) is 5.43. The number of benzene rings is 2. The van der Waals surface area contributed by atoms with Gasteiger partial charge in [0.1, 0.15) is 6.10 Å². The highest BCUT2D eigenvalue weighted by Gasteiger charge is 2.36. The van der Waals surface area contributed by atoms with Crippen LogP contribution in [0, 0.1) is 5.92 Å². The molecule has 2 fully saturated rings. The first-order chi connectivity index (χ1) is 14.2. The van der Waals surface area contributed by atoms with Gasteiger partial charge in [-0.25, -0.2) is 4.79 Å². The van der Waals surface area contributed by atoms with Gasteiger partial charge < -0.3 is 9.64 Å². The molecule has 150 valence electrons. The van der Waals surface area contributed by atoms with Gasteiger partial charge >= 0.3 is 5.97 Å². The molecule has 0 bridgehead atoms. The summed E-state index contributed by atoms with van der Waals surface area (Å²) in [4.78, 5) is 28.0. The summed E-state index contributed by atoms with van der Waals surface area (Å²) in [6, 6.07) is 15.7. The molecule has 4 nitrogen and oxygen atoms in total. The molecule has 3 aliphatic rings. The maximum absolute atomic E-state index is 13.4. The minimum absolute atomic E-state index is 0.125. The number of hydrogen-bond donors (Lipinski definition) is 0. The predicted octanol–water partition coefficient (Wildman–Crippen LogP) is 4.94. The van der Waals surface area contributed by atoms with Crippen LogP contribution in [0.2, 0.25) is 0 Å². The second-order valence-corrected chi connectivity index (χ2v) is 8.63. The van der Waals surface area contributed by atoms with Gasteiger partial charge in [0.25, 0.3) is 5.91 Å². The van der Waals surface area contributed by atoms with E-state index in [1.54, 1.807) is 12.1 Å². The summed E-state index contributed by atoms with van der Waals surface area (Å²) in [7, 11) is 0. The third-order valence-electron chi connectivity index (χ3n) is 6.90. The Morgan fingerprint density at radius 3 is 2.62 bits per heavy atom. The maximum atomic E-state index is 13.4. The number of carbonyl (C=O) groups excluding carboxylic acids is 2. The summed E-state index contributed by atoms with van der Waals surface area (Å²) in [6.07, 6.45) is 7.57. The van der Waals surface area contributed by atoms with E-state index in [1.807, 2.05) is 36.4 Å².